The summed E-state index contributed by atoms with van der Waals surface area (Å²) in [7, 11) is 0. The van der Waals surface area contributed by atoms with E-state index in [1.165, 1.54) is 6.07 Å². The first kappa shape index (κ1) is 15.2. The zero-order valence-electron chi connectivity index (χ0n) is 10.8. The van der Waals surface area contributed by atoms with E-state index in [0.29, 0.717) is 13.0 Å². The Kier molecular flexibility index (Phi) is 4.74. The number of nitro benzene ring substituents is 1. The van der Waals surface area contributed by atoms with Crippen molar-refractivity contribution >= 4 is 27.3 Å². The summed E-state index contributed by atoms with van der Waals surface area (Å²) in [6.45, 7) is 0.448. The van der Waals surface area contributed by atoms with E-state index in [1.54, 1.807) is 24.3 Å². The Balaban J connectivity index is 2.07. The Morgan fingerprint density at radius 3 is 2.57 bits per heavy atom. The van der Waals surface area contributed by atoms with Crippen LogP contribution in [0.1, 0.15) is 5.56 Å². The molecule has 0 fully saturated rings. The molecule has 0 heterocycles. The molecule has 110 valence electrons. The van der Waals surface area contributed by atoms with E-state index >= 15 is 0 Å². The molecular formula is C14H12BrFN2O3. The Hall–Kier alpha value is -2.15. The molecule has 21 heavy (non-hydrogen) atoms. The van der Waals surface area contributed by atoms with Crippen LogP contribution in [0.4, 0.5) is 15.8 Å². The lowest BCUT2D eigenvalue weighted by molar-refractivity contribution is -0.384. The van der Waals surface area contributed by atoms with Gasteiger partial charge in [0, 0.05) is 6.54 Å². The van der Waals surface area contributed by atoms with E-state index in [4.69, 9.17) is 0 Å². The standard InChI is InChI=1S/C14H12BrFN2O3/c15-11-7-13(14(18(20)21)8-12(11)16)17-6-5-9-1-3-10(19)4-2-9/h1-4,7-8,17,19H,5-6H2. The fourth-order valence-electron chi connectivity index (χ4n) is 1.83. The Labute approximate surface area is 128 Å². The molecule has 2 aromatic rings. The molecule has 0 aliphatic heterocycles. The van der Waals surface area contributed by atoms with Gasteiger partial charge in [-0.3, -0.25) is 10.1 Å². The van der Waals surface area contributed by atoms with E-state index in [1.807, 2.05) is 0 Å². The van der Waals surface area contributed by atoms with Crippen molar-refractivity contribution in [3.8, 4) is 5.75 Å². The van der Waals surface area contributed by atoms with Gasteiger partial charge in [0.15, 0.2) is 0 Å². The molecule has 0 bridgehead atoms. The van der Waals surface area contributed by atoms with Gasteiger partial charge in [0.05, 0.1) is 15.5 Å². The number of halogens is 2. The zero-order chi connectivity index (χ0) is 15.4. The zero-order valence-corrected chi connectivity index (χ0v) is 12.4. The quantitative estimate of drug-likeness (QED) is 0.631. The van der Waals surface area contributed by atoms with Gasteiger partial charge in [-0.2, -0.15) is 0 Å². The van der Waals surface area contributed by atoms with Gasteiger partial charge in [-0.1, -0.05) is 12.1 Å². The number of hydrogen-bond donors (Lipinski definition) is 2. The summed E-state index contributed by atoms with van der Waals surface area (Å²) >= 11 is 3.01. The number of benzene rings is 2. The lowest BCUT2D eigenvalue weighted by Crippen LogP contribution is -2.07. The highest BCUT2D eigenvalue weighted by atomic mass is 79.9. The number of nitro groups is 1. The van der Waals surface area contributed by atoms with E-state index in [-0.39, 0.29) is 21.6 Å². The maximum absolute atomic E-state index is 13.3. The number of aromatic hydroxyl groups is 1. The van der Waals surface area contributed by atoms with E-state index < -0.39 is 10.7 Å². The van der Waals surface area contributed by atoms with Crippen LogP contribution in [0, 0.1) is 15.9 Å². The summed E-state index contributed by atoms with van der Waals surface area (Å²) in [5.41, 5.74) is 0.928. The number of nitrogens with zero attached hydrogens (tertiary/aromatic N) is 1. The number of anilines is 1. The normalized spacial score (nSPS) is 10.4. The van der Waals surface area contributed by atoms with Crippen LogP contribution >= 0.6 is 15.9 Å². The van der Waals surface area contributed by atoms with Crippen LogP contribution in [0.5, 0.6) is 5.75 Å². The number of nitrogens with one attached hydrogen (secondary N) is 1. The van der Waals surface area contributed by atoms with Crippen LogP contribution in [-0.2, 0) is 6.42 Å². The third-order valence-corrected chi connectivity index (χ3v) is 3.51. The predicted octanol–water partition coefficient (Wildman–Crippen LogP) is 3.86. The number of phenolic OH excluding ortho intramolecular Hbond substituents is 1. The minimum atomic E-state index is -0.675. The highest BCUT2D eigenvalue weighted by Gasteiger charge is 2.17. The van der Waals surface area contributed by atoms with Gasteiger partial charge >= 0.3 is 0 Å². The topological polar surface area (TPSA) is 75.4 Å². The number of phenols is 1. The molecule has 0 aliphatic carbocycles. The van der Waals surface area contributed by atoms with Crippen molar-refractivity contribution in [2.75, 3.05) is 11.9 Å². The van der Waals surface area contributed by atoms with Gasteiger partial charge in [-0.05, 0) is 46.1 Å². The summed E-state index contributed by atoms with van der Waals surface area (Å²) in [5.74, 6) is -0.490. The molecule has 5 nitrogen and oxygen atoms in total. The average molecular weight is 355 g/mol. The molecule has 2 N–H and O–H groups in total. The number of hydrogen-bond acceptors (Lipinski definition) is 4. The van der Waals surface area contributed by atoms with Crippen LogP contribution in [-0.4, -0.2) is 16.6 Å². The molecule has 7 heteroatoms. The predicted molar refractivity (Wildman–Crippen MR) is 81.1 cm³/mol. The van der Waals surface area contributed by atoms with Crippen LogP contribution in [0.3, 0.4) is 0 Å². The van der Waals surface area contributed by atoms with Crippen molar-refractivity contribution < 1.29 is 14.4 Å². The maximum Gasteiger partial charge on any atom is 0.295 e. The molecule has 2 rings (SSSR count). The first-order valence-electron chi connectivity index (χ1n) is 6.12. The van der Waals surface area contributed by atoms with Crippen molar-refractivity contribution in [2.24, 2.45) is 0 Å². The van der Waals surface area contributed by atoms with Gasteiger partial charge < -0.3 is 10.4 Å². The van der Waals surface area contributed by atoms with Crippen LogP contribution in [0.2, 0.25) is 0 Å². The van der Waals surface area contributed by atoms with Gasteiger partial charge in [0.1, 0.15) is 17.3 Å². The minimum absolute atomic E-state index is 0.167. The highest BCUT2D eigenvalue weighted by Crippen LogP contribution is 2.30. The Morgan fingerprint density at radius 1 is 1.29 bits per heavy atom. The summed E-state index contributed by atoms with van der Waals surface area (Å²) in [6, 6.07) is 8.92. The van der Waals surface area contributed by atoms with Crippen LogP contribution in [0.25, 0.3) is 0 Å². The maximum atomic E-state index is 13.3. The molecular weight excluding hydrogens is 343 g/mol. The average Bonchev–Trinajstić information content (AvgIpc) is 2.44. The van der Waals surface area contributed by atoms with Gasteiger partial charge in [0.2, 0.25) is 0 Å². The van der Waals surface area contributed by atoms with Crippen molar-refractivity contribution in [1.82, 2.24) is 0 Å². The fourth-order valence-corrected chi connectivity index (χ4v) is 2.18. The molecule has 0 atom stereocenters. The molecule has 0 saturated heterocycles. The van der Waals surface area contributed by atoms with Crippen LogP contribution < -0.4 is 5.32 Å². The third kappa shape index (κ3) is 3.91. The minimum Gasteiger partial charge on any atom is -0.508 e. The highest BCUT2D eigenvalue weighted by molar-refractivity contribution is 9.10. The summed E-state index contributed by atoms with van der Waals surface area (Å²) in [4.78, 5) is 10.3. The smallest absolute Gasteiger partial charge is 0.295 e. The Morgan fingerprint density at radius 2 is 1.95 bits per heavy atom. The molecule has 0 saturated carbocycles. The van der Waals surface area contributed by atoms with Gasteiger partial charge in [-0.15, -0.1) is 0 Å². The first-order valence-corrected chi connectivity index (χ1v) is 6.92. The second kappa shape index (κ2) is 6.53. The summed E-state index contributed by atoms with van der Waals surface area (Å²) in [6.07, 6.45) is 0.617. The van der Waals surface area contributed by atoms with E-state index in [9.17, 15) is 19.6 Å². The van der Waals surface area contributed by atoms with Crippen molar-refractivity contribution in [2.45, 2.75) is 6.42 Å². The van der Waals surface area contributed by atoms with Crippen LogP contribution in [0.15, 0.2) is 40.9 Å². The fraction of sp³-hybridized carbons (Fsp3) is 0.143. The molecule has 0 aliphatic rings. The second-order valence-electron chi connectivity index (χ2n) is 4.38. The van der Waals surface area contributed by atoms with Gasteiger partial charge in [0.25, 0.3) is 5.69 Å². The largest absolute Gasteiger partial charge is 0.508 e. The number of rotatable bonds is 5. The van der Waals surface area contributed by atoms with E-state index in [0.717, 1.165) is 11.6 Å². The van der Waals surface area contributed by atoms with E-state index in [2.05, 4.69) is 21.2 Å². The molecule has 0 radical (unpaired) electrons. The third-order valence-electron chi connectivity index (χ3n) is 2.90. The molecule has 0 spiro atoms. The molecule has 0 amide bonds. The monoisotopic (exact) mass is 354 g/mol. The van der Waals surface area contributed by atoms with Crippen molar-refractivity contribution in [3.63, 3.8) is 0 Å². The summed E-state index contributed by atoms with van der Waals surface area (Å²) in [5, 5.41) is 23.0. The molecule has 0 aromatic heterocycles. The lowest BCUT2D eigenvalue weighted by Gasteiger charge is -2.08. The van der Waals surface area contributed by atoms with Gasteiger partial charge in [-0.25, -0.2) is 4.39 Å². The lowest BCUT2D eigenvalue weighted by atomic mass is 10.1. The van der Waals surface area contributed by atoms with Crippen molar-refractivity contribution in [3.05, 3.63) is 62.4 Å². The SMILES string of the molecule is O=[N+]([O-])c1cc(F)c(Br)cc1NCCc1ccc(O)cc1. The second-order valence-corrected chi connectivity index (χ2v) is 5.24. The van der Waals surface area contributed by atoms with Crippen molar-refractivity contribution in [1.29, 1.82) is 0 Å². The Bertz CT molecular complexity index is 662. The summed E-state index contributed by atoms with van der Waals surface area (Å²) < 4.78 is 13.5. The first-order chi connectivity index (χ1) is 9.97. The molecule has 2 aromatic carbocycles. The molecule has 0 unspecified atom stereocenters.